The molecule has 0 radical (unpaired) electrons. The van der Waals surface area contributed by atoms with Crippen LogP contribution in [0.1, 0.15) is 59.8 Å². The average molecular weight is 293 g/mol. The summed E-state index contributed by atoms with van der Waals surface area (Å²) in [5, 5.41) is 0. The molecule has 0 heterocycles. The molecule has 0 aliphatic heterocycles. The van der Waals surface area contributed by atoms with Crippen molar-refractivity contribution in [2.75, 3.05) is 13.6 Å². The zero-order chi connectivity index (χ0) is 14.1. The fourth-order valence-electron chi connectivity index (χ4n) is 2.05. The van der Waals surface area contributed by atoms with E-state index in [1.54, 1.807) is 0 Å². The number of hydrogen-bond acceptors (Lipinski definition) is 2. The van der Waals surface area contributed by atoms with Gasteiger partial charge in [-0.3, -0.25) is 4.79 Å². The predicted octanol–water partition coefficient (Wildman–Crippen LogP) is 3.46. The molecule has 2 N–H and O–H groups in total. The van der Waals surface area contributed by atoms with E-state index in [1.165, 1.54) is 0 Å². The smallest absolute Gasteiger partial charge is 0.225 e. The van der Waals surface area contributed by atoms with E-state index < -0.39 is 0 Å². The quantitative estimate of drug-likeness (QED) is 0.707. The van der Waals surface area contributed by atoms with Crippen LogP contribution in [0.5, 0.6) is 0 Å². The molecule has 0 saturated carbocycles. The van der Waals surface area contributed by atoms with Gasteiger partial charge < -0.3 is 10.6 Å². The van der Waals surface area contributed by atoms with Crippen molar-refractivity contribution in [2.24, 2.45) is 17.6 Å². The van der Waals surface area contributed by atoms with E-state index in [0.717, 1.165) is 38.6 Å². The molecule has 1 amide bonds. The third-order valence-electron chi connectivity index (χ3n) is 3.78. The maximum Gasteiger partial charge on any atom is 0.225 e. The molecule has 0 saturated heterocycles. The monoisotopic (exact) mass is 292 g/mol. The molecule has 0 aliphatic rings. The van der Waals surface area contributed by atoms with Crippen LogP contribution in [-0.2, 0) is 4.79 Å². The van der Waals surface area contributed by atoms with Gasteiger partial charge >= 0.3 is 0 Å². The minimum Gasteiger partial charge on any atom is -0.345 e. The Hall–Kier alpha value is -0.280. The molecule has 3 nitrogen and oxygen atoms in total. The lowest BCUT2D eigenvalue weighted by Crippen LogP contribution is -2.37. The minimum atomic E-state index is 0. The number of nitrogens with zero attached hydrogens (tertiary/aromatic N) is 1. The summed E-state index contributed by atoms with van der Waals surface area (Å²) in [5.74, 6) is 0.975. The molecule has 0 rings (SSSR count). The molecular formula is C15H33ClN2O. The largest absolute Gasteiger partial charge is 0.345 e. The topological polar surface area (TPSA) is 46.3 Å². The van der Waals surface area contributed by atoms with Gasteiger partial charge in [-0.1, -0.05) is 40.5 Å². The van der Waals surface area contributed by atoms with Gasteiger partial charge in [0.25, 0.3) is 0 Å². The molecule has 0 aromatic rings. The number of unbranched alkanes of at least 4 members (excludes halogenated alkanes) is 1. The Morgan fingerprint density at radius 3 is 2.21 bits per heavy atom. The predicted molar refractivity (Wildman–Crippen MR) is 85.6 cm³/mol. The van der Waals surface area contributed by atoms with Crippen LogP contribution in [0.25, 0.3) is 0 Å². The zero-order valence-corrected chi connectivity index (χ0v) is 14.1. The molecule has 0 aliphatic carbocycles. The molecule has 19 heavy (non-hydrogen) atoms. The van der Waals surface area contributed by atoms with E-state index in [4.69, 9.17) is 5.73 Å². The number of hydrogen-bond donors (Lipinski definition) is 1. The first-order valence-corrected chi connectivity index (χ1v) is 7.44. The van der Waals surface area contributed by atoms with Crippen LogP contribution in [-0.4, -0.2) is 30.4 Å². The van der Waals surface area contributed by atoms with Crippen LogP contribution in [0.4, 0.5) is 0 Å². The van der Waals surface area contributed by atoms with Gasteiger partial charge in [0.05, 0.1) is 0 Å². The molecule has 2 atom stereocenters. The summed E-state index contributed by atoms with van der Waals surface area (Å²) in [5.41, 5.74) is 6.02. The fourth-order valence-corrected chi connectivity index (χ4v) is 2.05. The van der Waals surface area contributed by atoms with Gasteiger partial charge in [-0.2, -0.15) is 0 Å². The van der Waals surface area contributed by atoms with Crippen LogP contribution in [0.15, 0.2) is 0 Å². The van der Waals surface area contributed by atoms with Gasteiger partial charge in [-0.15, -0.1) is 12.4 Å². The van der Waals surface area contributed by atoms with Crippen molar-refractivity contribution in [3.8, 4) is 0 Å². The highest BCUT2D eigenvalue weighted by Crippen LogP contribution is 2.15. The van der Waals surface area contributed by atoms with Crippen molar-refractivity contribution in [3.63, 3.8) is 0 Å². The Kier molecular flexibility index (Phi) is 12.8. The van der Waals surface area contributed by atoms with E-state index >= 15 is 0 Å². The molecule has 4 heteroatoms. The highest BCUT2D eigenvalue weighted by Gasteiger charge is 2.20. The average Bonchev–Trinajstić information content (AvgIpc) is 2.35. The highest BCUT2D eigenvalue weighted by atomic mass is 35.5. The molecule has 0 fully saturated rings. The number of amides is 1. The Labute approximate surface area is 125 Å². The van der Waals surface area contributed by atoms with Gasteiger partial charge in [0.1, 0.15) is 0 Å². The summed E-state index contributed by atoms with van der Waals surface area (Å²) in [6.45, 7) is 9.31. The van der Waals surface area contributed by atoms with E-state index in [1.807, 2.05) is 11.9 Å². The first-order chi connectivity index (χ1) is 8.43. The molecule has 0 aromatic carbocycles. The van der Waals surface area contributed by atoms with E-state index in [9.17, 15) is 4.79 Å². The Morgan fingerprint density at radius 2 is 1.79 bits per heavy atom. The lowest BCUT2D eigenvalue weighted by atomic mass is 9.97. The molecule has 0 bridgehead atoms. The van der Waals surface area contributed by atoms with Crippen LogP contribution in [0.2, 0.25) is 0 Å². The molecule has 2 unspecified atom stereocenters. The van der Waals surface area contributed by atoms with Gasteiger partial charge in [0, 0.05) is 25.6 Å². The first-order valence-electron chi connectivity index (χ1n) is 7.44. The number of halogens is 1. The zero-order valence-electron chi connectivity index (χ0n) is 13.3. The lowest BCUT2D eigenvalue weighted by molar-refractivity contribution is -0.134. The van der Waals surface area contributed by atoms with E-state index in [0.29, 0.717) is 11.8 Å². The van der Waals surface area contributed by atoms with Crippen molar-refractivity contribution >= 4 is 18.3 Å². The standard InChI is InChI=1S/C15H32N2O.ClH/c1-6-8-9-13(7-2)15(18)17(5)11-10-14(16)12(3)4;/h12-14H,6-11,16H2,1-5H3;1H. The van der Waals surface area contributed by atoms with Crippen LogP contribution < -0.4 is 5.73 Å². The summed E-state index contributed by atoms with van der Waals surface area (Å²) < 4.78 is 0. The summed E-state index contributed by atoms with van der Waals surface area (Å²) in [6, 6.07) is 0.191. The molecular weight excluding hydrogens is 260 g/mol. The number of rotatable bonds is 9. The van der Waals surface area contributed by atoms with E-state index in [-0.39, 0.29) is 24.4 Å². The normalized spacial score (nSPS) is 13.8. The maximum absolute atomic E-state index is 12.2. The molecule has 0 spiro atoms. The summed E-state index contributed by atoms with van der Waals surface area (Å²) >= 11 is 0. The maximum atomic E-state index is 12.2. The summed E-state index contributed by atoms with van der Waals surface area (Å²) in [7, 11) is 1.91. The second-order valence-corrected chi connectivity index (χ2v) is 5.70. The van der Waals surface area contributed by atoms with Crippen molar-refractivity contribution in [2.45, 2.75) is 65.8 Å². The fraction of sp³-hybridized carbons (Fsp3) is 0.933. The van der Waals surface area contributed by atoms with Crippen LogP contribution >= 0.6 is 12.4 Å². The molecule has 0 aromatic heterocycles. The van der Waals surface area contributed by atoms with Crippen molar-refractivity contribution in [1.82, 2.24) is 4.90 Å². The van der Waals surface area contributed by atoms with Crippen molar-refractivity contribution in [3.05, 3.63) is 0 Å². The van der Waals surface area contributed by atoms with Crippen LogP contribution in [0, 0.1) is 11.8 Å². The van der Waals surface area contributed by atoms with Gasteiger partial charge in [0.15, 0.2) is 0 Å². The highest BCUT2D eigenvalue weighted by molar-refractivity contribution is 5.85. The van der Waals surface area contributed by atoms with Crippen molar-refractivity contribution < 1.29 is 4.79 Å². The molecule has 116 valence electrons. The SMILES string of the molecule is CCCCC(CC)C(=O)N(C)CCC(N)C(C)C.Cl. The number of carbonyl (C=O) groups is 1. The number of nitrogens with two attached hydrogens (primary N) is 1. The Morgan fingerprint density at radius 1 is 1.21 bits per heavy atom. The van der Waals surface area contributed by atoms with Gasteiger partial charge in [-0.05, 0) is 25.2 Å². The third-order valence-corrected chi connectivity index (χ3v) is 3.78. The lowest BCUT2D eigenvalue weighted by Gasteiger charge is -2.25. The third kappa shape index (κ3) is 8.48. The summed E-state index contributed by atoms with van der Waals surface area (Å²) in [6.07, 6.45) is 5.16. The van der Waals surface area contributed by atoms with E-state index in [2.05, 4.69) is 27.7 Å². The van der Waals surface area contributed by atoms with Gasteiger partial charge in [-0.25, -0.2) is 0 Å². The second kappa shape index (κ2) is 11.5. The Balaban J connectivity index is 0. The second-order valence-electron chi connectivity index (χ2n) is 5.70. The van der Waals surface area contributed by atoms with Crippen LogP contribution in [0.3, 0.4) is 0 Å². The van der Waals surface area contributed by atoms with Gasteiger partial charge in [0.2, 0.25) is 5.91 Å². The first kappa shape index (κ1) is 21.0. The van der Waals surface area contributed by atoms with Crippen molar-refractivity contribution in [1.29, 1.82) is 0 Å². The summed E-state index contributed by atoms with van der Waals surface area (Å²) in [4.78, 5) is 14.1. The number of carbonyl (C=O) groups excluding carboxylic acids is 1. The minimum absolute atomic E-state index is 0. The Bertz CT molecular complexity index is 234.